The van der Waals surface area contributed by atoms with Crippen molar-refractivity contribution in [2.75, 3.05) is 0 Å². The zero-order valence-corrected chi connectivity index (χ0v) is 16.1. The molecule has 1 amide bonds. The van der Waals surface area contributed by atoms with Crippen molar-refractivity contribution in [1.29, 1.82) is 0 Å². The number of benzene rings is 2. The summed E-state index contributed by atoms with van der Waals surface area (Å²) in [7, 11) is 0. The molecule has 1 atom stereocenters. The van der Waals surface area contributed by atoms with Crippen molar-refractivity contribution in [3.8, 4) is 16.9 Å². The number of hydrogen-bond donors (Lipinski definition) is 2. The van der Waals surface area contributed by atoms with E-state index >= 15 is 0 Å². The van der Waals surface area contributed by atoms with Gasteiger partial charge in [0.1, 0.15) is 11.9 Å². The molecular weight excluding hydrogens is 368 g/mol. The fourth-order valence-electron chi connectivity index (χ4n) is 3.62. The molecule has 1 aromatic heterocycles. The molecule has 0 saturated carbocycles. The summed E-state index contributed by atoms with van der Waals surface area (Å²) in [5, 5.41) is 12.1. The summed E-state index contributed by atoms with van der Waals surface area (Å²) in [5.74, 6) is -0.464. The third-order valence-electron chi connectivity index (χ3n) is 5.25. The lowest BCUT2D eigenvalue weighted by Crippen LogP contribution is -2.24. The summed E-state index contributed by atoms with van der Waals surface area (Å²) in [6.07, 6.45) is 3.23. The Bertz CT molecular complexity index is 1120. The molecule has 1 aliphatic rings. The minimum atomic E-state index is -0.977. The number of aromatic nitrogens is 1. The number of pyridine rings is 1. The maximum atomic E-state index is 12.7. The molecule has 4 rings (SSSR count). The van der Waals surface area contributed by atoms with Crippen LogP contribution in [0.4, 0.5) is 0 Å². The Kier molecular flexibility index (Phi) is 4.76. The third kappa shape index (κ3) is 3.45. The van der Waals surface area contributed by atoms with Crippen LogP contribution in [0.25, 0.3) is 11.1 Å². The van der Waals surface area contributed by atoms with Gasteiger partial charge in [0.25, 0.3) is 5.91 Å². The lowest BCUT2D eigenvalue weighted by atomic mass is 9.92. The van der Waals surface area contributed by atoms with E-state index in [0.717, 1.165) is 28.0 Å². The third-order valence-corrected chi connectivity index (χ3v) is 5.25. The second-order valence-electron chi connectivity index (χ2n) is 7.01. The Hall–Kier alpha value is -3.67. The molecule has 0 spiro atoms. The van der Waals surface area contributed by atoms with Crippen LogP contribution in [0.3, 0.4) is 0 Å². The highest BCUT2D eigenvalue weighted by molar-refractivity contribution is 5.95. The fraction of sp³-hybridized carbons (Fsp3) is 0.174. The number of carbonyl (C=O) groups is 2. The molecular formula is C23H20N2O4. The van der Waals surface area contributed by atoms with Gasteiger partial charge in [0.2, 0.25) is 0 Å². The first kappa shape index (κ1) is 18.7. The summed E-state index contributed by atoms with van der Waals surface area (Å²) in [4.78, 5) is 28.1. The summed E-state index contributed by atoms with van der Waals surface area (Å²) in [6, 6.07) is 12.5. The molecule has 1 unspecified atom stereocenters. The van der Waals surface area contributed by atoms with Gasteiger partial charge in [-0.05, 0) is 54.8 Å². The molecule has 6 nitrogen and oxygen atoms in total. The van der Waals surface area contributed by atoms with E-state index in [1.165, 1.54) is 0 Å². The minimum Gasteiger partial charge on any atom is -0.484 e. The van der Waals surface area contributed by atoms with Crippen LogP contribution in [0.1, 0.15) is 50.4 Å². The molecule has 6 heteroatoms. The van der Waals surface area contributed by atoms with Gasteiger partial charge in [-0.15, -0.1) is 0 Å². The lowest BCUT2D eigenvalue weighted by molar-refractivity contribution is 0.0696. The number of fused-ring (bicyclic) bond motifs is 3. The Morgan fingerprint density at radius 2 is 2.00 bits per heavy atom. The normalized spacial score (nSPS) is 14.3. The molecule has 2 aromatic carbocycles. The first-order valence-electron chi connectivity index (χ1n) is 9.30. The van der Waals surface area contributed by atoms with E-state index in [-0.39, 0.29) is 24.1 Å². The molecule has 1 aliphatic heterocycles. The summed E-state index contributed by atoms with van der Waals surface area (Å²) in [6.45, 7) is 3.94. The Balaban J connectivity index is 1.56. The van der Waals surface area contributed by atoms with E-state index in [1.807, 2.05) is 31.2 Å². The van der Waals surface area contributed by atoms with E-state index in [4.69, 9.17) is 4.74 Å². The van der Waals surface area contributed by atoms with Crippen LogP contribution in [-0.2, 0) is 6.54 Å². The van der Waals surface area contributed by atoms with Gasteiger partial charge in [0, 0.05) is 29.4 Å². The standard InChI is InChI=1S/C23H20N2O4/c1-13-16(4-3-5-17(13)23(27)28)11-25-22(26)15-6-7-18-19-8-9-24-12-21(19)29-14(2)20(18)10-15/h3-10,12,14H,11H2,1-2H3,(H,25,26)(H,27,28). The first-order valence-corrected chi connectivity index (χ1v) is 9.30. The maximum Gasteiger partial charge on any atom is 0.335 e. The van der Waals surface area contributed by atoms with E-state index in [1.54, 1.807) is 37.5 Å². The van der Waals surface area contributed by atoms with Gasteiger partial charge in [-0.2, -0.15) is 0 Å². The Labute approximate surface area is 168 Å². The van der Waals surface area contributed by atoms with Crippen molar-refractivity contribution in [3.63, 3.8) is 0 Å². The van der Waals surface area contributed by atoms with Crippen LogP contribution >= 0.6 is 0 Å². The van der Waals surface area contributed by atoms with Gasteiger partial charge in [-0.1, -0.05) is 18.2 Å². The molecule has 3 aromatic rings. The van der Waals surface area contributed by atoms with Gasteiger partial charge >= 0.3 is 5.97 Å². The molecule has 0 radical (unpaired) electrons. The van der Waals surface area contributed by atoms with Gasteiger partial charge < -0.3 is 15.2 Å². The largest absolute Gasteiger partial charge is 0.484 e. The zero-order chi connectivity index (χ0) is 20.5. The molecule has 146 valence electrons. The quantitative estimate of drug-likeness (QED) is 0.701. The van der Waals surface area contributed by atoms with Crippen LogP contribution < -0.4 is 10.1 Å². The van der Waals surface area contributed by atoms with Crippen LogP contribution in [0.2, 0.25) is 0 Å². The highest BCUT2D eigenvalue weighted by Gasteiger charge is 2.24. The summed E-state index contributed by atoms with van der Waals surface area (Å²) in [5.41, 5.74) is 5.13. The minimum absolute atomic E-state index is 0.191. The maximum absolute atomic E-state index is 12.7. The number of carbonyl (C=O) groups excluding carboxylic acids is 1. The molecule has 29 heavy (non-hydrogen) atoms. The van der Waals surface area contributed by atoms with Crippen molar-refractivity contribution >= 4 is 11.9 Å². The van der Waals surface area contributed by atoms with Gasteiger partial charge in [-0.25, -0.2) is 4.79 Å². The number of nitrogens with zero attached hydrogens (tertiary/aromatic N) is 1. The van der Waals surface area contributed by atoms with Crippen molar-refractivity contribution in [2.24, 2.45) is 0 Å². The molecule has 0 aliphatic carbocycles. The predicted molar refractivity (Wildman–Crippen MR) is 108 cm³/mol. The van der Waals surface area contributed by atoms with Crippen molar-refractivity contribution in [1.82, 2.24) is 10.3 Å². The molecule has 0 saturated heterocycles. The van der Waals surface area contributed by atoms with Gasteiger partial charge in [0.15, 0.2) is 0 Å². The number of amides is 1. The van der Waals surface area contributed by atoms with Gasteiger partial charge in [0.05, 0.1) is 11.8 Å². The van der Waals surface area contributed by atoms with E-state index < -0.39 is 5.97 Å². The van der Waals surface area contributed by atoms with Gasteiger partial charge in [-0.3, -0.25) is 9.78 Å². The van der Waals surface area contributed by atoms with E-state index in [2.05, 4.69) is 10.3 Å². The number of hydrogen-bond acceptors (Lipinski definition) is 4. The SMILES string of the molecule is Cc1c(CNC(=O)c2ccc3c(c2)C(C)Oc2cnccc2-3)cccc1C(=O)O. The van der Waals surface area contributed by atoms with Crippen LogP contribution in [0.15, 0.2) is 54.9 Å². The highest BCUT2D eigenvalue weighted by Crippen LogP contribution is 2.41. The predicted octanol–water partition coefficient (Wildman–Crippen LogP) is 4.14. The highest BCUT2D eigenvalue weighted by atomic mass is 16.5. The molecule has 0 fully saturated rings. The Morgan fingerprint density at radius 1 is 1.17 bits per heavy atom. The van der Waals surface area contributed by atoms with Crippen molar-refractivity contribution < 1.29 is 19.4 Å². The van der Waals surface area contributed by atoms with Crippen LogP contribution in [0, 0.1) is 6.92 Å². The van der Waals surface area contributed by atoms with E-state index in [0.29, 0.717) is 11.1 Å². The Morgan fingerprint density at radius 3 is 2.79 bits per heavy atom. The van der Waals surface area contributed by atoms with E-state index in [9.17, 15) is 14.7 Å². The second-order valence-corrected chi connectivity index (χ2v) is 7.01. The summed E-state index contributed by atoms with van der Waals surface area (Å²) >= 11 is 0. The monoisotopic (exact) mass is 388 g/mol. The van der Waals surface area contributed by atoms with Crippen LogP contribution in [-0.4, -0.2) is 22.0 Å². The zero-order valence-electron chi connectivity index (χ0n) is 16.1. The first-order chi connectivity index (χ1) is 14.0. The second kappa shape index (κ2) is 7.39. The number of carboxylic acids is 1. The number of rotatable bonds is 4. The number of aromatic carboxylic acids is 1. The fourth-order valence-corrected chi connectivity index (χ4v) is 3.62. The average molecular weight is 388 g/mol. The topological polar surface area (TPSA) is 88.5 Å². The van der Waals surface area contributed by atoms with Crippen molar-refractivity contribution in [2.45, 2.75) is 26.5 Å². The number of nitrogens with one attached hydrogen (secondary N) is 1. The molecule has 2 N–H and O–H groups in total. The van der Waals surface area contributed by atoms with Crippen LogP contribution in [0.5, 0.6) is 5.75 Å². The number of carboxylic acid groups (broad SMARTS) is 1. The van der Waals surface area contributed by atoms with Crippen molar-refractivity contribution in [3.05, 3.63) is 82.7 Å². The molecule has 0 bridgehead atoms. The lowest BCUT2D eigenvalue weighted by Gasteiger charge is -2.26. The average Bonchev–Trinajstić information content (AvgIpc) is 2.72. The smallest absolute Gasteiger partial charge is 0.335 e. The molecule has 2 heterocycles. The number of ether oxygens (including phenoxy) is 1. The summed E-state index contributed by atoms with van der Waals surface area (Å²) < 4.78 is 5.92.